The Balaban J connectivity index is 1.68. The quantitative estimate of drug-likeness (QED) is 0.840. The van der Waals surface area contributed by atoms with Crippen LogP contribution in [0.3, 0.4) is 0 Å². The molecule has 0 aromatic heterocycles. The Bertz CT molecular complexity index is 405. The molecule has 0 aliphatic carbocycles. The van der Waals surface area contributed by atoms with Crippen molar-refractivity contribution < 1.29 is 0 Å². The van der Waals surface area contributed by atoms with Crippen LogP contribution in [0.25, 0.3) is 0 Å². The molecule has 0 saturated carbocycles. The van der Waals surface area contributed by atoms with Crippen LogP contribution in [0.1, 0.15) is 25.3 Å². The second-order valence-corrected chi connectivity index (χ2v) is 6.75. The summed E-state index contributed by atoms with van der Waals surface area (Å²) < 4.78 is 0.971. The van der Waals surface area contributed by atoms with Gasteiger partial charge in [-0.1, -0.05) is 24.6 Å². The summed E-state index contributed by atoms with van der Waals surface area (Å²) in [6.45, 7) is 8.08. The average Bonchev–Trinajstić information content (AvgIpc) is 2.86. The van der Waals surface area contributed by atoms with E-state index in [9.17, 15) is 0 Å². The van der Waals surface area contributed by atoms with E-state index >= 15 is 0 Å². The van der Waals surface area contributed by atoms with Gasteiger partial charge in [0.25, 0.3) is 0 Å². The summed E-state index contributed by atoms with van der Waals surface area (Å²) in [4.78, 5) is 2.57. The van der Waals surface area contributed by atoms with Crippen molar-refractivity contribution in [2.24, 2.45) is 5.92 Å². The van der Waals surface area contributed by atoms with Crippen LogP contribution in [0, 0.1) is 5.92 Å². The van der Waals surface area contributed by atoms with E-state index in [0.717, 1.165) is 22.6 Å². The molecule has 1 heterocycles. The minimum atomic E-state index is 0.703. The third kappa shape index (κ3) is 5.07. The summed E-state index contributed by atoms with van der Waals surface area (Å²) >= 11 is 9.45. The van der Waals surface area contributed by atoms with E-state index in [1.807, 2.05) is 6.07 Å². The molecule has 1 aromatic rings. The molecule has 1 aliphatic heterocycles. The highest BCUT2D eigenvalue weighted by molar-refractivity contribution is 9.10. The number of hydrogen-bond donors (Lipinski definition) is 1. The van der Waals surface area contributed by atoms with E-state index in [4.69, 9.17) is 11.6 Å². The molecular weight excluding hydrogens is 324 g/mol. The molecule has 0 spiro atoms. The number of nitrogens with zero attached hydrogens (tertiary/aromatic N) is 1. The number of likely N-dealkylation sites (tertiary alicyclic amines) is 1. The van der Waals surface area contributed by atoms with Crippen molar-refractivity contribution in [3.8, 4) is 0 Å². The summed E-state index contributed by atoms with van der Waals surface area (Å²) in [5.74, 6) is 0.703. The molecule has 1 unspecified atom stereocenters. The van der Waals surface area contributed by atoms with Gasteiger partial charge in [-0.3, -0.25) is 0 Å². The van der Waals surface area contributed by atoms with Crippen molar-refractivity contribution in [3.63, 3.8) is 0 Å². The van der Waals surface area contributed by atoms with Gasteiger partial charge in [-0.2, -0.15) is 0 Å². The first-order valence-corrected chi connectivity index (χ1v) is 8.19. The maximum absolute atomic E-state index is 5.99. The Labute approximate surface area is 129 Å². The highest BCUT2D eigenvalue weighted by Crippen LogP contribution is 2.23. The van der Waals surface area contributed by atoms with Gasteiger partial charge in [0.05, 0.1) is 5.02 Å². The SMILES string of the molecule is CC(CNCc1ccc(Cl)c(Br)c1)CN1CCCC1. The van der Waals surface area contributed by atoms with Crippen LogP contribution in [0.15, 0.2) is 22.7 Å². The lowest BCUT2D eigenvalue weighted by molar-refractivity contribution is 0.282. The van der Waals surface area contributed by atoms with E-state index in [-0.39, 0.29) is 0 Å². The molecule has 2 rings (SSSR count). The van der Waals surface area contributed by atoms with Gasteiger partial charge in [-0.05, 0) is 72.0 Å². The van der Waals surface area contributed by atoms with Crippen molar-refractivity contribution in [2.45, 2.75) is 26.3 Å². The molecule has 1 atom stereocenters. The second kappa shape index (κ2) is 7.63. The normalized spacial score (nSPS) is 17.8. The first-order chi connectivity index (χ1) is 9.15. The summed E-state index contributed by atoms with van der Waals surface area (Å²) in [5, 5.41) is 4.30. The van der Waals surface area contributed by atoms with E-state index in [2.05, 4.69) is 45.2 Å². The monoisotopic (exact) mass is 344 g/mol. The summed E-state index contributed by atoms with van der Waals surface area (Å²) in [6, 6.07) is 6.10. The van der Waals surface area contributed by atoms with Gasteiger partial charge in [0.2, 0.25) is 0 Å². The maximum atomic E-state index is 5.99. The molecule has 1 aromatic carbocycles. The fourth-order valence-electron chi connectivity index (χ4n) is 2.58. The van der Waals surface area contributed by atoms with Crippen LogP contribution in [0.2, 0.25) is 5.02 Å². The number of nitrogens with one attached hydrogen (secondary N) is 1. The third-order valence-corrected chi connectivity index (χ3v) is 4.79. The van der Waals surface area contributed by atoms with Crippen LogP contribution in [-0.4, -0.2) is 31.1 Å². The highest BCUT2D eigenvalue weighted by atomic mass is 79.9. The van der Waals surface area contributed by atoms with E-state index < -0.39 is 0 Å². The lowest BCUT2D eigenvalue weighted by Gasteiger charge is -2.20. The molecule has 1 saturated heterocycles. The van der Waals surface area contributed by atoms with Crippen LogP contribution >= 0.6 is 27.5 Å². The summed E-state index contributed by atoms with van der Waals surface area (Å²) in [5.41, 5.74) is 1.27. The third-order valence-electron chi connectivity index (χ3n) is 3.57. The Kier molecular flexibility index (Phi) is 6.14. The van der Waals surface area contributed by atoms with E-state index in [1.165, 1.54) is 38.0 Å². The molecule has 0 amide bonds. The lowest BCUT2D eigenvalue weighted by atomic mass is 10.1. The van der Waals surface area contributed by atoms with Crippen molar-refractivity contribution in [1.29, 1.82) is 0 Å². The van der Waals surface area contributed by atoms with Crippen molar-refractivity contribution in [1.82, 2.24) is 10.2 Å². The number of halogens is 2. The maximum Gasteiger partial charge on any atom is 0.0548 e. The zero-order valence-electron chi connectivity index (χ0n) is 11.5. The Hall–Kier alpha value is -0.0900. The molecule has 1 fully saturated rings. The minimum Gasteiger partial charge on any atom is -0.312 e. The molecule has 4 heteroatoms. The van der Waals surface area contributed by atoms with Gasteiger partial charge in [0, 0.05) is 17.6 Å². The largest absolute Gasteiger partial charge is 0.312 e. The molecule has 1 N–H and O–H groups in total. The standard InChI is InChI=1S/C15H22BrClN2/c1-12(11-19-6-2-3-7-19)9-18-10-13-4-5-15(17)14(16)8-13/h4-5,8,12,18H,2-3,6-7,9-11H2,1H3. The highest BCUT2D eigenvalue weighted by Gasteiger charge is 2.14. The molecule has 1 aliphatic rings. The molecule has 106 valence electrons. The first kappa shape index (κ1) is 15.3. The lowest BCUT2D eigenvalue weighted by Crippen LogP contribution is -2.31. The fourth-order valence-corrected chi connectivity index (χ4v) is 3.13. The predicted octanol–water partition coefficient (Wildman–Crippen LogP) is 3.92. The number of rotatable bonds is 6. The zero-order valence-corrected chi connectivity index (χ0v) is 13.8. The summed E-state index contributed by atoms with van der Waals surface area (Å²) in [6.07, 6.45) is 2.75. The average molecular weight is 346 g/mol. The van der Waals surface area contributed by atoms with Gasteiger partial charge in [-0.25, -0.2) is 0 Å². The molecular formula is C15H22BrClN2. The number of hydrogen-bond acceptors (Lipinski definition) is 2. The molecule has 2 nitrogen and oxygen atoms in total. The van der Waals surface area contributed by atoms with Crippen LogP contribution < -0.4 is 5.32 Å². The summed E-state index contributed by atoms with van der Waals surface area (Å²) in [7, 11) is 0. The second-order valence-electron chi connectivity index (χ2n) is 5.49. The first-order valence-electron chi connectivity index (χ1n) is 7.02. The Morgan fingerprint density at radius 2 is 2.11 bits per heavy atom. The molecule has 0 radical (unpaired) electrons. The Morgan fingerprint density at radius 1 is 1.37 bits per heavy atom. The van der Waals surface area contributed by atoms with Crippen LogP contribution in [0.4, 0.5) is 0 Å². The topological polar surface area (TPSA) is 15.3 Å². The number of benzene rings is 1. The van der Waals surface area contributed by atoms with Gasteiger partial charge < -0.3 is 10.2 Å². The predicted molar refractivity (Wildman–Crippen MR) is 85.7 cm³/mol. The van der Waals surface area contributed by atoms with Gasteiger partial charge >= 0.3 is 0 Å². The fraction of sp³-hybridized carbons (Fsp3) is 0.600. The zero-order chi connectivity index (χ0) is 13.7. The van der Waals surface area contributed by atoms with E-state index in [0.29, 0.717) is 5.92 Å². The van der Waals surface area contributed by atoms with Gasteiger partial charge in [0.15, 0.2) is 0 Å². The van der Waals surface area contributed by atoms with E-state index in [1.54, 1.807) is 0 Å². The molecule has 0 bridgehead atoms. The minimum absolute atomic E-state index is 0.703. The van der Waals surface area contributed by atoms with Crippen LogP contribution in [0.5, 0.6) is 0 Å². The Morgan fingerprint density at radius 3 is 2.79 bits per heavy atom. The van der Waals surface area contributed by atoms with Gasteiger partial charge in [-0.15, -0.1) is 0 Å². The van der Waals surface area contributed by atoms with Crippen LogP contribution in [-0.2, 0) is 6.54 Å². The smallest absolute Gasteiger partial charge is 0.0548 e. The van der Waals surface area contributed by atoms with Crippen molar-refractivity contribution >= 4 is 27.5 Å². The van der Waals surface area contributed by atoms with Gasteiger partial charge in [0.1, 0.15) is 0 Å². The molecule has 19 heavy (non-hydrogen) atoms. The van der Waals surface area contributed by atoms with Crippen molar-refractivity contribution in [3.05, 3.63) is 33.3 Å². The van der Waals surface area contributed by atoms with Crippen molar-refractivity contribution in [2.75, 3.05) is 26.2 Å².